The molecule has 4 rings (SSSR count). The number of hydrogen-bond donors (Lipinski definition) is 2. The van der Waals surface area contributed by atoms with Crippen LogP contribution in [0.15, 0.2) is 29.3 Å². The van der Waals surface area contributed by atoms with Crippen molar-refractivity contribution in [3.63, 3.8) is 0 Å². The van der Waals surface area contributed by atoms with Gasteiger partial charge in [-0.25, -0.2) is 4.99 Å². The van der Waals surface area contributed by atoms with E-state index in [9.17, 15) is 4.79 Å². The SMILES string of the molecule is CCNC(=NCc1ccc(N2CCCC2=O)cc1)NCc1nnc2n1CCC2. The molecule has 0 atom stereocenters. The van der Waals surface area contributed by atoms with Crippen LogP contribution < -0.4 is 15.5 Å². The predicted octanol–water partition coefficient (Wildman–Crippen LogP) is 1.61. The molecule has 1 amide bonds. The van der Waals surface area contributed by atoms with Gasteiger partial charge < -0.3 is 20.1 Å². The Hall–Kier alpha value is -2.90. The minimum atomic E-state index is 0.212. The van der Waals surface area contributed by atoms with Crippen molar-refractivity contribution in [1.82, 2.24) is 25.4 Å². The fourth-order valence-electron chi connectivity index (χ4n) is 3.72. The summed E-state index contributed by atoms with van der Waals surface area (Å²) in [4.78, 5) is 18.4. The highest BCUT2D eigenvalue weighted by atomic mass is 16.2. The Morgan fingerprint density at radius 1 is 1.11 bits per heavy atom. The second kappa shape index (κ2) is 8.41. The summed E-state index contributed by atoms with van der Waals surface area (Å²) >= 11 is 0. The number of guanidine groups is 1. The van der Waals surface area contributed by atoms with Gasteiger partial charge in [-0.2, -0.15) is 0 Å². The number of rotatable bonds is 6. The molecule has 3 heterocycles. The quantitative estimate of drug-likeness (QED) is 0.586. The molecule has 1 aromatic carbocycles. The number of aliphatic imine (C=N–C) groups is 1. The highest BCUT2D eigenvalue weighted by molar-refractivity contribution is 5.95. The Labute approximate surface area is 165 Å². The van der Waals surface area contributed by atoms with E-state index >= 15 is 0 Å². The van der Waals surface area contributed by atoms with E-state index in [2.05, 4.69) is 30.4 Å². The summed E-state index contributed by atoms with van der Waals surface area (Å²) in [6, 6.07) is 8.10. The fourth-order valence-corrected chi connectivity index (χ4v) is 3.72. The molecule has 8 heteroatoms. The van der Waals surface area contributed by atoms with Crippen molar-refractivity contribution in [1.29, 1.82) is 0 Å². The second-order valence-corrected chi connectivity index (χ2v) is 7.15. The monoisotopic (exact) mass is 381 g/mol. The number of hydrogen-bond acceptors (Lipinski definition) is 4. The summed E-state index contributed by atoms with van der Waals surface area (Å²) in [6.45, 7) is 5.83. The van der Waals surface area contributed by atoms with Crippen LogP contribution in [0.2, 0.25) is 0 Å². The molecule has 148 valence electrons. The van der Waals surface area contributed by atoms with Crippen LogP contribution in [0.25, 0.3) is 0 Å². The molecule has 1 saturated heterocycles. The first-order chi connectivity index (χ1) is 13.7. The molecule has 0 radical (unpaired) electrons. The minimum Gasteiger partial charge on any atom is -0.357 e. The number of nitrogens with one attached hydrogen (secondary N) is 2. The maximum atomic E-state index is 11.9. The van der Waals surface area contributed by atoms with Gasteiger partial charge in [-0.1, -0.05) is 12.1 Å². The van der Waals surface area contributed by atoms with Gasteiger partial charge in [0.1, 0.15) is 5.82 Å². The Kier molecular flexibility index (Phi) is 5.55. The number of fused-ring (bicyclic) bond motifs is 1. The van der Waals surface area contributed by atoms with Crippen molar-refractivity contribution >= 4 is 17.6 Å². The maximum absolute atomic E-state index is 11.9. The van der Waals surface area contributed by atoms with Crippen molar-refractivity contribution in [2.24, 2.45) is 4.99 Å². The third-order valence-corrected chi connectivity index (χ3v) is 5.19. The van der Waals surface area contributed by atoms with Crippen LogP contribution >= 0.6 is 0 Å². The van der Waals surface area contributed by atoms with Gasteiger partial charge in [0.05, 0.1) is 13.1 Å². The van der Waals surface area contributed by atoms with E-state index in [0.29, 0.717) is 19.5 Å². The molecule has 0 aliphatic carbocycles. The lowest BCUT2D eigenvalue weighted by atomic mass is 10.2. The number of aryl methyl sites for hydroxylation is 1. The van der Waals surface area contributed by atoms with E-state index in [-0.39, 0.29) is 5.91 Å². The molecule has 2 aliphatic heterocycles. The number of carbonyl (C=O) groups is 1. The molecule has 1 fully saturated rings. The fraction of sp³-hybridized carbons (Fsp3) is 0.500. The van der Waals surface area contributed by atoms with Gasteiger partial charge in [-0.15, -0.1) is 10.2 Å². The lowest BCUT2D eigenvalue weighted by Crippen LogP contribution is -2.37. The number of carbonyl (C=O) groups excluding carboxylic acids is 1. The summed E-state index contributed by atoms with van der Waals surface area (Å²) in [5.74, 6) is 3.01. The molecule has 2 aromatic rings. The maximum Gasteiger partial charge on any atom is 0.227 e. The second-order valence-electron chi connectivity index (χ2n) is 7.15. The number of benzene rings is 1. The first kappa shape index (κ1) is 18.5. The van der Waals surface area contributed by atoms with Gasteiger partial charge >= 0.3 is 0 Å². The average molecular weight is 381 g/mol. The Bertz CT molecular complexity index is 856. The molecular weight excluding hydrogens is 354 g/mol. The van der Waals surface area contributed by atoms with E-state index < -0.39 is 0 Å². The predicted molar refractivity (Wildman–Crippen MR) is 108 cm³/mol. The standard InChI is InChI=1S/C20H27N7O/c1-2-21-20(23-14-18-25-24-17-5-3-12-27(17)18)22-13-15-7-9-16(10-8-15)26-11-4-6-19(26)28/h7-10H,2-6,11-14H2,1H3,(H2,21,22,23). The van der Waals surface area contributed by atoms with Crippen LogP contribution in [0.5, 0.6) is 0 Å². The summed E-state index contributed by atoms with van der Waals surface area (Å²) in [5, 5.41) is 15.1. The molecule has 0 unspecified atom stereocenters. The van der Waals surface area contributed by atoms with E-state index in [0.717, 1.165) is 67.8 Å². The molecule has 2 N–H and O–H groups in total. The van der Waals surface area contributed by atoms with Crippen molar-refractivity contribution in [3.05, 3.63) is 41.5 Å². The average Bonchev–Trinajstić information content (AvgIpc) is 3.42. The Balaban J connectivity index is 1.36. The Morgan fingerprint density at radius 3 is 2.68 bits per heavy atom. The van der Waals surface area contributed by atoms with Gasteiger partial charge in [0.25, 0.3) is 0 Å². The molecule has 0 saturated carbocycles. The van der Waals surface area contributed by atoms with Gasteiger partial charge in [-0.3, -0.25) is 4.79 Å². The molecule has 0 spiro atoms. The summed E-state index contributed by atoms with van der Waals surface area (Å²) in [7, 11) is 0. The van der Waals surface area contributed by atoms with Crippen LogP contribution in [0.1, 0.15) is 43.4 Å². The summed E-state index contributed by atoms with van der Waals surface area (Å²) in [6.07, 6.45) is 3.75. The van der Waals surface area contributed by atoms with Gasteiger partial charge in [0.15, 0.2) is 11.8 Å². The Morgan fingerprint density at radius 2 is 1.93 bits per heavy atom. The van der Waals surface area contributed by atoms with E-state index in [1.807, 2.05) is 36.1 Å². The summed E-state index contributed by atoms with van der Waals surface area (Å²) in [5.41, 5.74) is 2.08. The van der Waals surface area contributed by atoms with Crippen LogP contribution in [0, 0.1) is 0 Å². The molecule has 2 aliphatic rings. The third kappa shape index (κ3) is 4.00. The van der Waals surface area contributed by atoms with Crippen LogP contribution in [-0.4, -0.2) is 39.7 Å². The minimum absolute atomic E-state index is 0.212. The molecular formula is C20H27N7O. The van der Waals surface area contributed by atoms with Crippen LogP contribution in [-0.2, 0) is 30.8 Å². The molecule has 28 heavy (non-hydrogen) atoms. The van der Waals surface area contributed by atoms with Crippen LogP contribution in [0.4, 0.5) is 5.69 Å². The zero-order valence-electron chi connectivity index (χ0n) is 16.3. The van der Waals surface area contributed by atoms with Crippen LogP contribution in [0.3, 0.4) is 0 Å². The highest BCUT2D eigenvalue weighted by Crippen LogP contribution is 2.21. The van der Waals surface area contributed by atoms with Crippen molar-refractivity contribution < 1.29 is 4.79 Å². The normalized spacial score (nSPS) is 16.5. The molecule has 8 nitrogen and oxygen atoms in total. The van der Waals surface area contributed by atoms with Crippen molar-refractivity contribution in [2.75, 3.05) is 18.0 Å². The van der Waals surface area contributed by atoms with Gasteiger partial charge in [0.2, 0.25) is 5.91 Å². The zero-order chi connectivity index (χ0) is 19.3. The lowest BCUT2D eigenvalue weighted by Gasteiger charge is -2.16. The first-order valence-corrected chi connectivity index (χ1v) is 10.1. The lowest BCUT2D eigenvalue weighted by molar-refractivity contribution is -0.117. The number of amides is 1. The number of aromatic nitrogens is 3. The molecule has 1 aromatic heterocycles. The van der Waals surface area contributed by atoms with E-state index in [1.54, 1.807) is 0 Å². The molecule has 0 bridgehead atoms. The zero-order valence-corrected chi connectivity index (χ0v) is 16.3. The van der Waals surface area contributed by atoms with Crippen molar-refractivity contribution in [3.8, 4) is 0 Å². The smallest absolute Gasteiger partial charge is 0.227 e. The van der Waals surface area contributed by atoms with E-state index in [4.69, 9.17) is 0 Å². The van der Waals surface area contributed by atoms with E-state index in [1.165, 1.54) is 0 Å². The number of anilines is 1. The topological polar surface area (TPSA) is 87.4 Å². The third-order valence-electron chi connectivity index (χ3n) is 5.19. The van der Waals surface area contributed by atoms with Gasteiger partial charge in [0, 0.05) is 38.2 Å². The van der Waals surface area contributed by atoms with Crippen molar-refractivity contribution in [2.45, 2.75) is 52.2 Å². The van der Waals surface area contributed by atoms with Gasteiger partial charge in [-0.05, 0) is 37.5 Å². The largest absolute Gasteiger partial charge is 0.357 e. The number of nitrogens with zero attached hydrogens (tertiary/aromatic N) is 5. The summed E-state index contributed by atoms with van der Waals surface area (Å²) < 4.78 is 2.19. The first-order valence-electron chi connectivity index (χ1n) is 10.1. The highest BCUT2D eigenvalue weighted by Gasteiger charge is 2.21.